The molecule has 1 atom stereocenters. The Morgan fingerprint density at radius 3 is 2.57 bits per heavy atom. The number of aliphatic hydroxyl groups excluding tert-OH is 1. The highest BCUT2D eigenvalue weighted by molar-refractivity contribution is 14.1. The van der Waals surface area contributed by atoms with Gasteiger partial charge in [0.25, 0.3) is 5.56 Å². The van der Waals surface area contributed by atoms with Gasteiger partial charge >= 0.3 is 9.81 Å². The van der Waals surface area contributed by atoms with Crippen LogP contribution < -0.4 is 26.2 Å². The fraction of sp³-hybridized carbons (Fsp3) is 0.333. The fourth-order valence-electron chi connectivity index (χ4n) is 4.00. The van der Waals surface area contributed by atoms with Gasteiger partial charge in [-0.05, 0) is 41.8 Å². The van der Waals surface area contributed by atoms with Gasteiger partial charge in [-0.2, -0.15) is 8.78 Å². The maximum absolute atomic E-state index is 13.4. The number of aliphatic hydroxyl groups is 1. The molecule has 0 radical (unpaired) electrons. The van der Waals surface area contributed by atoms with Gasteiger partial charge in [0, 0.05) is 31.8 Å². The Kier molecular flexibility index (Phi) is 8.41. The lowest BCUT2D eigenvalue weighted by atomic mass is 10.2. The highest BCUT2D eigenvalue weighted by Crippen LogP contribution is 2.33. The largest absolute Gasteiger partial charge is 0.451 e. The summed E-state index contributed by atoms with van der Waals surface area (Å²) in [5, 5.41) is 12.9. The Morgan fingerprint density at radius 1 is 1.16 bits per heavy atom. The van der Waals surface area contributed by atoms with Crippen molar-refractivity contribution >= 4 is 45.7 Å². The van der Waals surface area contributed by atoms with Crippen LogP contribution in [-0.2, 0) is 31.5 Å². The lowest BCUT2D eigenvalue weighted by Crippen LogP contribution is -2.42. The number of alkyl halides is 3. The van der Waals surface area contributed by atoms with E-state index in [0.717, 1.165) is 32.7 Å². The lowest BCUT2D eigenvalue weighted by molar-refractivity contribution is -0.0692. The van der Waals surface area contributed by atoms with Gasteiger partial charge in [0.1, 0.15) is 17.3 Å². The van der Waals surface area contributed by atoms with Crippen molar-refractivity contribution in [1.82, 2.24) is 9.13 Å². The number of benzene rings is 2. The lowest BCUT2D eigenvalue weighted by Gasteiger charge is -2.26. The minimum absolute atomic E-state index is 0.000556. The Hall–Kier alpha value is -2.68. The molecule has 3 aromatic rings. The molecule has 1 aromatic heterocycles. The molecule has 9 nitrogen and oxygen atoms in total. The van der Waals surface area contributed by atoms with Gasteiger partial charge in [0.05, 0.1) is 29.2 Å². The predicted molar refractivity (Wildman–Crippen MR) is 144 cm³/mol. The second-order valence-electron chi connectivity index (χ2n) is 8.33. The van der Waals surface area contributed by atoms with E-state index in [-0.39, 0.29) is 50.0 Å². The molecule has 0 bridgehead atoms. The van der Waals surface area contributed by atoms with Crippen LogP contribution in [0.3, 0.4) is 0 Å². The normalized spacial score (nSPS) is 15.0. The number of halogens is 4. The molecule has 1 aliphatic rings. The molecule has 2 aromatic carbocycles. The van der Waals surface area contributed by atoms with Crippen LogP contribution in [0.25, 0.3) is 0 Å². The Labute approximate surface area is 229 Å². The number of anilines is 2. The van der Waals surface area contributed by atoms with Crippen molar-refractivity contribution in [3.8, 4) is 5.75 Å². The molecule has 0 fully saturated rings. The standard InChI is InChI=1S/C24H24ClF2IN4O5/c1-30-20-19(21(34)31(23(30)35)10-3-11-33)32(13-15-6-8-17(25)9-7-15)22(29-20)36-14-16-4-2-5-18(12-16)37-24(26,27)28/h2,4-9,12,22,29,33H,3,10-11,13-14H2,1H3. The number of fused-ring (bicyclic) bond motifs is 1. The molecule has 0 amide bonds. The van der Waals surface area contributed by atoms with Gasteiger partial charge in [0.2, 0.25) is 6.35 Å². The van der Waals surface area contributed by atoms with E-state index in [1.165, 1.54) is 23.7 Å². The van der Waals surface area contributed by atoms with E-state index in [0.29, 0.717) is 10.6 Å². The third kappa shape index (κ3) is 6.43. The average Bonchev–Trinajstić information content (AvgIpc) is 3.20. The van der Waals surface area contributed by atoms with Crippen LogP contribution in [0.1, 0.15) is 17.5 Å². The van der Waals surface area contributed by atoms with E-state index < -0.39 is 21.7 Å². The molecule has 1 aliphatic heterocycles. The third-order valence-corrected chi connectivity index (χ3v) is 6.17. The van der Waals surface area contributed by atoms with E-state index in [2.05, 4.69) is 10.1 Å². The highest BCUT2D eigenvalue weighted by Gasteiger charge is 2.36. The number of hydrogen-bond acceptors (Lipinski definition) is 7. The summed E-state index contributed by atoms with van der Waals surface area (Å²) in [6.07, 6.45) is -0.610. The quantitative estimate of drug-likeness (QED) is 0.255. The van der Waals surface area contributed by atoms with Crippen LogP contribution in [0.4, 0.5) is 20.3 Å². The van der Waals surface area contributed by atoms with E-state index in [4.69, 9.17) is 16.3 Å². The van der Waals surface area contributed by atoms with Gasteiger partial charge in [-0.15, -0.1) is 0 Å². The Balaban J connectivity index is 1.66. The Morgan fingerprint density at radius 2 is 1.89 bits per heavy atom. The van der Waals surface area contributed by atoms with Crippen LogP contribution in [0.5, 0.6) is 5.75 Å². The van der Waals surface area contributed by atoms with Crippen LogP contribution >= 0.6 is 34.2 Å². The second-order valence-corrected chi connectivity index (χ2v) is 10.0. The molecule has 0 spiro atoms. The molecule has 0 saturated heterocycles. The molecule has 0 aliphatic carbocycles. The van der Waals surface area contributed by atoms with Crippen molar-refractivity contribution in [2.75, 3.05) is 16.8 Å². The zero-order valence-electron chi connectivity index (χ0n) is 19.7. The van der Waals surface area contributed by atoms with Gasteiger partial charge in [-0.25, -0.2) is 4.79 Å². The molecule has 0 saturated carbocycles. The van der Waals surface area contributed by atoms with E-state index in [9.17, 15) is 23.5 Å². The second kappa shape index (κ2) is 11.4. The van der Waals surface area contributed by atoms with Gasteiger partial charge in [-0.3, -0.25) is 13.9 Å². The number of ether oxygens (including phenoxy) is 2. The minimum atomic E-state index is -3.36. The number of aromatic nitrogens is 2. The molecule has 2 heterocycles. The first kappa shape index (κ1) is 27.4. The first-order chi connectivity index (χ1) is 17.6. The van der Waals surface area contributed by atoms with Gasteiger partial charge in [0.15, 0.2) is 0 Å². The highest BCUT2D eigenvalue weighted by atomic mass is 127. The predicted octanol–water partition coefficient (Wildman–Crippen LogP) is 3.88. The number of hydrogen-bond donors (Lipinski definition) is 2. The van der Waals surface area contributed by atoms with Gasteiger partial charge < -0.3 is 24.8 Å². The molecule has 4 rings (SSSR count). The van der Waals surface area contributed by atoms with Crippen LogP contribution in [0.2, 0.25) is 5.02 Å². The van der Waals surface area contributed by atoms with Gasteiger partial charge in [-0.1, -0.05) is 35.9 Å². The average molecular weight is 649 g/mol. The van der Waals surface area contributed by atoms with Crippen molar-refractivity contribution in [2.45, 2.75) is 36.6 Å². The summed E-state index contributed by atoms with van der Waals surface area (Å²) >= 11 is 6.91. The first-order valence-corrected chi connectivity index (χ1v) is 12.7. The number of nitrogens with zero attached hydrogens (tertiary/aromatic N) is 3. The van der Waals surface area contributed by atoms with E-state index >= 15 is 0 Å². The van der Waals surface area contributed by atoms with Crippen molar-refractivity contribution < 1.29 is 23.4 Å². The van der Waals surface area contributed by atoms with E-state index in [1.54, 1.807) is 29.2 Å². The molecule has 198 valence electrons. The van der Waals surface area contributed by atoms with Crippen LogP contribution in [0, 0.1) is 0 Å². The van der Waals surface area contributed by atoms with Crippen molar-refractivity contribution in [3.05, 3.63) is 85.5 Å². The van der Waals surface area contributed by atoms with Crippen molar-refractivity contribution in [2.24, 2.45) is 7.05 Å². The van der Waals surface area contributed by atoms with E-state index in [1.807, 2.05) is 12.1 Å². The number of nitrogens with one attached hydrogen (secondary N) is 1. The SMILES string of the molecule is Cn1c2c(c(=O)n(CCCO)c1=O)N(Cc1ccc(Cl)cc1)C(OCc1cccc(OC(F)(F)I)c1)N2. The van der Waals surface area contributed by atoms with Crippen LogP contribution in [-0.4, -0.2) is 31.3 Å². The third-order valence-electron chi connectivity index (χ3n) is 5.70. The smallest absolute Gasteiger partial charge is 0.425 e. The molecular formula is C24H24ClF2IN4O5. The summed E-state index contributed by atoms with van der Waals surface area (Å²) < 4.78 is 36.3. The fourth-order valence-corrected chi connectivity index (χ4v) is 4.38. The van der Waals surface area contributed by atoms with Crippen LogP contribution in [0.15, 0.2) is 58.1 Å². The maximum atomic E-state index is 13.4. The zero-order valence-corrected chi connectivity index (χ0v) is 22.6. The summed E-state index contributed by atoms with van der Waals surface area (Å²) in [4.78, 5) is 28.0. The summed E-state index contributed by atoms with van der Waals surface area (Å²) in [5.74, 6) is 0.270. The molecular weight excluding hydrogens is 625 g/mol. The van der Waals surface area contributed by atoms with Crippen molar-refractivity contribution in [1.29, 1.82) is 0 Å². The molecule has 1 unspecified atom stereocenters. The summed E-state index contributed by atoms with van der Waals surface area (Å²) in [6.45, 7) is 0.139. The zero-order chi connectivity index (χ0) is 26.7. The summed E-state index contributed by atoms with van der Waals surface area (Å²) in [5.41, 5.74) is 0.598. The summed E-state index contributed by atoms with van der Waals surface area (Å²) in [7, 11) is 1.54. The topological polar surface area (TPSA) is 98.0 Å². The van der Waals surface area contributed by atoms with Crippen molar-refractivity contribution in [3.63, 3.8) is 0 Å². The minimum Gasteiger partial charge on any atom is -0.425 e. The first-order valence-electron chi connectivity index (χ1n) is 11.3. The number of rotatable bonds is 10. The Bertz CT molecular complexity index is 1380. The summed E-state index contributed by atoms with van der Waals surface area (Å²) in [6, 6.07) is 13.2. The molecule has 37 heavy (non-hydrogen) atoms. The molecule has 2 N–H and O–H groups in total. The monoisotopic (exact) mass is 648 g/mol. The molecule has 13 heteroatoms. The maximum Gasteiger partial charge on any atom is 0.451 e.